The normalized spacial score (nSPS) is 12.2. The third kappa shape index (κ3) is 2.21. The summed E-state index contributed by atoms with van der Waals surface area (Å²) in [6.45, 7) is -0.580. The molecule has 8 heteroatoms. The molecule has 1 rings (SSSR count). The summed E-state index contributed by atoms with van der Waals surface area (Å²) < 4.78 is 61.8. The van der Waals surface area contributed by atoms with E-state index in [-0.39, 0.29) is 0 Å². The largest absolute Gasteiger partial charge is 0.418 e. The van der Waals surface area contributed by atoms with Gasteiger partial charge in [0.25, 0.3) is 6.43 Å². The van der Waals surface area contributed by atoms with Crippen molar-refractivity contribution >= 4 is 5.69 Å². The Morgan fingerprint density at radius 3 is 2.25 bits per heavy atom. The van der Waals surface area contributed by atoms with Gasteiger partial charge in [0.05, 0.1) is 11.3 Å². The first-order chi connectivity index (χ1) is 7.29. The van der Waals surface area contributed by atoms with Gasteiger partial charge in [-0.3, -0.25) is 4.98 Å². The standard InChI is InChI=1S/C8H8F5N3/c9-7(10)6-5(15)3(1-14)4(2-16-6)8(11,12)13/h2,7H,1,14-15H2. The maximum atomic E-state index is 12.4. The molecule has 3 nitrogen and oxygen atoms in total. The summed E-state index contributed by atoms with van der Waals surface area (Å²) in [5, 5.41) is 0. The first-order valence-electron chi connectivity index (χ1n) is 4.11. The minimum Gasteiger partial charge on any atom is -0.397 e. The number of aromatic nitrogens is 1. The Hall–Kier alpha value is -1.44. The van der Waals surface area contributed by atoms with Crippen molar-refractivity contribution in [2.75, 3.05) is 5.73 Å². The molecule has 0 saturated heterocycles. The second-order valence-corrected chi connectivity index (χ2v) is 2.95. The van der Waals surface area contributed by atoms with Crippen LogP contribution in [0.5, 0.6) is 0 Å². The van der Waals surface area contributed by atoms with E-state index in [1.807, 2.05) is 0 Å². The maximum Gasteiger partial charge on any atom is 0.418 e. The van der Waals surface area contributed by atoms with Gasteiger partial charge in [-0.2, -0.15) is 13.2 Å². The monoisotopic (exact) mass is 241 g/mol. The molecule has 4 N–H and O–H groups in total. The quantitative estimate of drug-likeness (QED) is 0.779. The molecule has 0 aliphatic carbocycles. The molecule has 0 fully saturated rings. The Kier molecular flexibility index (Phi) is 3.32. The lowest BCUT2D eigenvalue weighted by molar-refractivity contribution is -0.138. The van der Waals surface area contributed by atoms with E-state index in [1.165, 1.54) is 0 Å². The SMILES string of the molecule is NCc1c(C(F)(F)F)cnc(C(F)F)c1N. The van der Waals surface area contributed by atoms with Gasteiger partial charge in [-0.25, -0.2) is 8.78 Å². The molecule has 0 aliphatic heterocycles. The van der Waals surface area contributed by atoms with E-state index in [4.69, 9.17) is 11.5 Å². The highest BCUT2D eigenvalue weighted by atomic mass is 19.4. The number of nitrogen functional groups attached to an aromatic ring is 1. The van der Waals surface area contributed by atoms with Crippen LogP contribution in [0.15, 0.2) is 6.20 Å². The molecular weight excluding hydrogens is 233 g/mol. The van der Waals surface area contributed by atoms with Gasteiger partial charge in [0.2, 0.25) is 0 Å². The van der Waals surface area contributed by atoms with Gasteiger partial charge in [-0.1, -0.05) is 0 Å². The first kappa shape index (κ1) is 12.6. The summed E-state index contributed by atoms with van der Waals surface area (Å²) in [6, 6.07) is 0. The van der Waals surface area contributed by atoms with Crippen LogP contribution in [-0.4, -0.2) is 4.98 Å². The van der Waals surface area contributed by atoms with Gasteiger partial charge in [0, 0.05) is 18.3 Å². The average Bonchev–Trinajstić information content (AvgIpc) is 2.15. The van der Waals surface area contributed by atoms with E-state index in [1.54, 1.807) is 0 Å². The molecule has 16 heavy (non-hydrogen) atoms. The van der Waals surface area contributed by atoms with E-state index in [0.717, 1.165) is 0 Å². The lowest BCUT2D eigenvalue weighted by atomic mass is 10.1. The van der Waals surface area contributed by atoms with Crippen LogP contribution in [0, 0.1) is 0 Å². The Labute approximate surface area is 87.3 Å². The molecule has 0 bridgehead atoms. The average molecular weight is 241 g/mol. The van der Waals surface area contributed by atoms with Crippen LogP contribution in [0.2, 0.25) is 0 Å². The van der Waals surface area contributed by atoms with E-state index in [0.29, 0.717) is 6.20 Å². The Bertz CT molecular complexity index is 388. The number of rotatable bonds is 2. The number of halogens is 5. The van der Waals surface area contributed by atoms with E-state index >= 15 is 0 Å². The van der Waals surface area contributed by atoms with Crippen LogP contribution in [0.1, 0.15) is 23.2 Å². The highest BCUT2D eigenvalue weighted by Crippen LogP contribution is 2.36. The van der Waals surface area contributed by atoms with E-state index < -0.39 is 41.7 Å². The topological polar surface area (TPSA) is 64.9 Å². The lowest BCUT2D eigenvalue weighted by Gasteiger charge is -2.15. The molecule has 0 aliphatic rings. The Morgan fingerprint density at radius 1 is 1.31 bits per heavy atom. The number of alkyl halides is 5. The summed E-state index contributed by atoms with van der Waals surface area (Å²) in [5.41, 5.74) is 6.91. The van der Waals surface area contributed by atoms with Crippen LogP contribution in [0.25, 0.3) is 0 Å². The smallest absolute Gasteiger partial charge is 0.397 e. The molecule has 0 atom stereocenters. The van der Waals surface area contributed by atoms with Gasteiger partial charge >= 0.3 is 6.18 Å². The highest BCUT2D eigenvalue weighted by molar-refractivity contribution is 5.55. The molecular formula is C8H8F5N3. The van der Waals surface area contributed by atoms with Crippen LogP contribution in [-0.2, 0) is 12.7 Å². The maximum absolute atomic E-state index is 12.4. The Morgan fingerprint density at radius 2 is 1.88 bits per heavy atom. The van der Waals surface area contributed by atoms with Crippen molar-refractivity contribution in [3.8, 4) is 0 Å². The summed E-state index contributed by atoms with van der Waals surface area (Å²) >= 11 is 0. The van der Waals surface area contributed by atoms with Crippen LogP contribution >= 0.6 is 0 Å². The second kappa shape index (κ2) is 4.20. The molecule has 1 aromatic rings. The molecule has 1 aromatic heterocycles. The fourth-order valence-electron chi connectivity index (χ4n) is 1.22. The fraction of sp³-hybridized carbons (Fsp3) is 0.375. The summed E-state index contributed by atoms with van der Waals surface area (Å²) in [4.78, 5) is 3.00. The van der Waals surface area contributed by atoms with Crippen molar-refractivity contribution in [1.82, 2.24) is 4.98 Å². The summed E-state index contributed by atoms with van der Waals surface area (Å²) in [7, 11) is 0. The van der Waals surface area contributed by atoms with Crippen LogP contribution in [0.3, 0.4) is 0 Å². The lowest BCUT2D eigenvalue weighted by Crippen LogP contribution is -2.16. The molecule has 0 unspecified atom stereocenters. The molecule has 0 radical (unpaired) electrons. The highest BCUT2D eigenvalue weighted by Gasteiger charge is 2.35. The van der Waals surface area contributed by atoms with Gasteiger partial charge in [0.1, 0.15) is 5.69 Å². The molecule has 1 heterocycles. The molecule has 0 aromatic carbocycles. The minimum absolute atomic E-state index is 0.319. The Balaban J connectivity index is 3.41. The number of hydrogen-bond donors (Lipinski definition) is 2. The number of nitrogens with two attached hydrogens (primary N) is 2. The number of nitrogens with zero attached hydrogens (tertiary/aromatic N) is 1. The fourth-order valence-corrected chi connectivity index (χ4v) is 1.22. The van der Waals surface area contributed by atoms with Crippen molar-refractivity contribution in [1.29, 1.82) is 0 Å². The summed E-state index contributed by atoms with van der Waals surface area (Å²) in [5.74, 6) is 0. The molecule has 0 saturated carbocycles. The van der Waals surface area contributed by atoms with E-state index in [9.17, 15) is 22.0 Å². The van der Waals surface area contributed by atoms with Gasteiger partial charge in [0.15, 0.2) is 0 Å². The third-order valence-corrected chi connectivity index (χ3v) is 1.98. The van der Waals surface area contributed by atoms with Crippen molar-refractivity contribution in [2.24, 2.45) is 5.73 Å². The number of pyridine rings is 1. The van der Waals surface area contributed by atoms with Crippen molar-refractivity contribution < 1.29 is 22.0 Å². The van der Waals surface area contributed by atoms with Gasteiger partial charge in [-0.05, 0) is 0 Å². The van der Waals surface area contributed by atoms with Crippen molar-refractivity contribution in [2.45, 2.75) is 19.1 Å². The second-order valence-electron chi connectivity index (χ2n) is 2.95. The molecule has 90 valence electrons. The predicted octanol–water partition coefficient (Wildman–Crippen LogP) is 2.08. The number of hydrogen-bond acceptors (Lipinski definition) is 3. The molecule has 0 amide bonds. The zero-order valence-corrected chi connectivity index (χ0v) is 7.85. The predicted molar refractivity (Wildman–Crippen MR) is 46.5 cm³/mol. The molecule has 0 spiro atoms. The van der Waals surface area contributed by atoms with Crippen molar-refractivity contribution in [3.05, 3.63) is 23.0 Å². The van der Waals surface area contributed by atoms with E-state index in [2.05, 4.69) is 4.98 Å². The summed E-state index contributed by atoms with van der Waals surface area (Å²) in [6.07, 6.45) is -7.43. The zero-order valence-electron chi connectivity index (χ0n) is 7.85. The van der Waals surface area contributed by atoms with Gasteiger partial charge in [-0.15, -0.1) is 0 Å². The first-order valence-corrected chi connectivity index (χ1v) is 4.11. The zero-order chi connectivity index (χ0) is 12.5. The minimum atomic E-state index is -4.71. The van der Waals surface area contributed by atoms with Gasteiger partial charge < -0.3 is 11.5 Å². The van der Waals surface area contributed by atoms with Crippen molar-refractivity contribution in [3.63, 3.8) is 0 Å². The van der Waals surface area contributed by atoms with Crippen LogP contribution < -0.4 is 11.5 Å². The third-order valence-electron chi connectivity index (χ3n) is 1.98. The number of anilines is 1. The van der Waals surface area contributed by atoms with Crippen LogP contribution in [0.4, 0.5) is 27.6 Å².